The molecule has 12 heavy (non-hydrogen) atoms. The van der Waals surface area contributed by atoms with Crippen LogP contribution in [-0.4, -0.2) is 37.2 Å². The second-order valence-electron chi connectivity index (χ2n) is 2.98. The second kappa shape index (κ2) is 5.12. The van der Waals surface area contributed by atoms with Gasteiger partial charge in [-0.15, -0.1) is 13.2 Å². The molecule has 1 saturated heterocycles. The van der Waals surface area contributed by atoms with Crippen LogP contribution in [-0.2, 0) is 4.74 Å². The molecule has 2 nitrogen and oxygen atoms in total. The molecule has 68 valence electrons. The average molecular weight is 167 g/mol. The Balaban J connectivity index is 2.39. The molecule has 2 heteroatoms. The molecule has 0 radical (unpaired) electrons. The van der Waals surface area contributed by atoms with Crippen molar-refractivity contribution in [1.29, 1.82) is 0 Å². The number of nitrogens with zero attached hydrogens (tertiary/aromatic N) is 1. The molecule has 1 unspecified atom stereocenters. The zero-order valence-electron chi connectivity index (χ0n) is 7.54. The van der Waals surface area contributed by atoms with Crippen molar-refractivity contribution in [2.24, 2.45) is 0 Å². The molecule has 1 fully saturated rings. The monoisotopic (exact) mass is 167 g/mol. The Bertz CT molecular complexity index is 150. The summed E-state index contributed by atoms with van der Waals surface area (Å²) in [4.78, 5) is 2.39. The lowest BCUT2D eigenvalue weighted by molar-refractivity contribution is 0.0262. The highest BCUT2D eigenvalue weighted by Crippen LogP contribution is 2.08. The second-order valence-corrected chi connectivity index (χ2v) is 2.98. The van der Waals surface area contributed by atoms with Crippen LogP contribution in [0.2, 0.25) is 0 Å². The van der Waals surface area contributed by atoms with E-state index in [1.807, 2.05) is 12.2 Å². The standard InChI is InChI=1S/C10H17NO/c1-3-5-10(4-2)11-6-8-12-9-7-11/h3-4,10H,1-2,5-9H2. The van der Waals surface area contributed by atoms with E-state index < -0.39 is 0 Å². The predicted molar refractivity (Wildman–Crippen MR) is 51.2 cm³/mol. The van der Waals surface area contributed by atoms with Gasteiger partial charge in [-0.1, -0.05) is 12.2 Å². The van der Waals surface area contributed by atoms with E-state index in [2.05, 4.69) is 18.1 Å². The van der Waals surface area contributed by atoms with E-state index in [1.54, 1.807) is 0 Å². The van der Waals surface area contributed by atoms with Gasteiger partial charge in [-0.2, -0.15) is 0 Å². The van der Waals surface area contributed by atoms with Crippen molar-refractivity contribution < 1.29 is 4.74 Å². The number of hydrogen-bond donors (Lipinski definition) is 0. The van der Waals surface area contributed by atoms with Gasteiger partial charge in [-0.05, 0) is 6.42 Å². The largest absolute Gasteiger partial charge is 0.379 e. The average Bonchev–Trinajstić information content (AvgIpc) is 2.15. The molecule has 1 aliphatic heterocycles. The third kappa shape index (κ3) is 2.47. The summed E-state index contributed by atoms with van der Waals surface area (Å²) in [7, 11) is 0. The maximum absolute atomic E-state index is 5.27. The summed E-state index contributed by atoms with van der Waals surface area (Å²) in [5.41, 5.74) is 0. The van der Waals surface area contributed by atoms with Crippen molar-refractivity contribution in [3.63, 3.8) is 0 Å². The normalized spacial score (nSPS) is 21.7. The molecule has 0 bridgehead atoms. The van der Waals surface area contributed by atoms with Gasteiger partial charge in [0, 0.05) is 19.1 Å². The van der Waals surface area contributed by atoms with Crippen molar-refractivity contribution in [1.82, 2.24) is 4.90 Å². The molecule has 0 aromatic heterocycles. The first-order valence-corrected chi connectivity index (χ1v) is 4.43. The van der Waals surface area contributed by atoms with E-state index in [9.17, 15) is 0 Å². The molecule has 0 N–H and O–H groups in total. The van der Waals surface area contributed by atoms with Crippen molar-refractivity contribution in [2.75, 3.05) is 26.3 Å². The van der Waals surface area contributed by atoms with Crippen LogP contribution in [0, 0.1) is 0 Å². The molecule has 0 saturated carbocycles. The SMILES string of the molecule is C=CCC(C=C)N1CCOCC1. The number of morpholine rings is 1. The van der Waals surface area contributed by atoms with Crippen LogP contribution in [0.25, 0.3) is 0 Å². The Morgan fingerprint density at radius 1 is 1.33 bits per heavy atom. The maximum Gasteiger partial charge on any atom is 0.0594 e. The number of rotatable bonds is 4. The van der Waals surface area contributed by atoms with E-state index in [0.717, 1.165) is 32.7 Å². The van der Waals surface area contributed by atoms with E-state index in [1.165, 1.54) is 0 Å². The molecule has 1 heterocycles. The first kappa shape index (κ1) is 9.49. The summed E-state index contributed by atoms with van der Waals surface area (Å²) in [6.07, 6.45) is 4.93. The molecule has 0 spiro atoms. The summed E-state index contributed by atoms with van der Waals surface area (Å²) < 4.78 is 5.27. The molecule has 0 aromatic carbocycles. The van der Waals surface area contributed by atoms with Crippen molar-refractivity contribution in [3.8, 4) is 0 Å². The summed E-state index contributed by atoms with van der Waals surface area (Å²) in [5, 5.41) is 0. The minimum atomic E-state index is 0.450. The third-order valence-electron chi connectivity index (χ3n) is 2.19. The van der Waals surface area contributed by atoms with Crippen LogP contribution in [0.1, 0.15) is 6.42 Å². The van der Waals surface area contributed by atoms with E-state index >= 15 is 0 Å². The molecule has 1 aliphatic rings. The lowest BCUT2D eigenvalue weighted by atomic mass is 10.1. The Hall–Kier alpha value is -0.600. The lowest BCUT2D eigenvalue weighted by Crippen LogP contribution is -2.42. The van der Waals surface area contributed by atoms with E-state index in [0.29, 0.717) is 6.04 Å². The van der Waals surface area contributed by atoms with Crippen LogP contribution >= 0.6 is 0 Å². The van der Waals surface area contributed by atoms with Crippen LogP contribution in [0.3, 0.4) is 0 Å². The van der Waals surface area contributed by atoms with Crippen LogP contribution < -0.4 is 0 Å². The summed E-state index contributed by atoms with van der Waals surface area (Å²) >= 11 is 0. The summed E-state index contributed by atoms with van der Waals surface area (Å²) in [5.74, 6) is 0. The van der Waals surface area contributed by atoms with E-state index in [-0.39, 0.29) is 0 Å². The molecular weight excluding hydrogens is 150 g/mol. The Labute approximate surface area is 74.5 Å². The smallest absolute Gasteiger partial charge is 0.0594 e. The van der Waals surface area contributed by atoms with Crippen molar-refractivity contribution >= 4 is 0 Å². The molecule has 0 aliphatic carbocycles. The van der Waals surface area contributed by atoms with Gasteiger partial charge in [-0.3, -0.25) is 4.90 Å². The molecule has 0 aromatic rings. The fraction of sp³-hybridized carbons (Fsp3) is 0.600. The zero-order valence-corrected chi connectivity index (χ0v) is 7.54. The molecular formula is C10H17NO. The van der Waals surface area contributed by atoms with Gasteiger partial charge in [-0.25, -0.2) is 0 Å². The fourth-order valence-corrected chi connectivity index (χ4v) is 1.47. The van der Waals surface area contributed by atoms with Gasteiger partial charge in [0.05, 0.1) is 13.2 Å². The number of hydrogen-bond acceptors (Lipinski definition) is 2. The minimum absolute atomic E-state index is 0.450. The highest BCUT2D eigenvalue weighted by atomic mass is 16.5. The maximum atomic E-state index is 5.27. The van der Waals surface area contributed by atoms with Crippen LogP contribution in [0.15, 0.2) is 25.3 Å². The van der Waals surface area contributed by atoms with Crippen molar-refractivity contribution in [2.45, 2.75) is 12.5 Å². The topological polar surface area (TPSA) is 12.5 Å². The Morgan fingerprint density at radius 2 is 2.00 bits per heavy atom. The van der Waals surface area contributed by atoms with Gasteiger partial charge in [0.1, 0.15) is 0 Å². The quantitative estimate of drug-likeness (QED) is 0.588. The fourth-order valence-electron chi connectivity index (χ4n) is 1.47. The zero-order chi connectivity index (χ0) is 8.81. The Kier molecular flexibility index (Phi) is 4.05. The highest BCUT2D eigenvalue weighted by Gasteiger charge is 2.16. The molecule has 1 atom stereocenters. The lowest BCUT2D eigenvalue weighted by Gasteiger charge is -2.32. The van der Waals surface area contributed by atoms with Gasteiger partial charge in [0.15, 0.2) is 0 Å². The Morgan fingerprint density at radius 3 is 2.50 bits per heavy atom. The number of ether oxygens (including phenoxy) is 1. The van der Waals surface area contributed by atoms with Gasteiger partial charge in [0.2, 0.25) is 0 Å². The van der Waals surface area contributed by atoms with Gasteiger partial charge < -0.3 is 4.74 Å². The predicted octanol–water partition coefficient (Wildman–Crippen LogP) is 1.45. The molecule has 1 rings (SSSR count). The minimum Gasteiger partial charge on any atom is -0.379 e. The summed E-state index contributed by atoms with van der Waals surface area (Å²) in [6.45, 7) is 11.3. The van der Waals surface area contributed by atoms with Crippen molar-refractivity contribution in [3.05, 3.63) is 25.3 Å². The van der Waals surface area contributed by atoms with Crippen LogP contribution in [0.5, 0.6) is 0 Å². The van der Waals surface area contributed by atoms with Crippen LogP contribution in [0.4, 0.5) is 0 Å². The highest BCUT2D eigenvalue weighted by molar-refractivity contribution is 4.93. The third-order valence-corrected chi connectivity index (χ3v) is 2.19. The first-order chi connectivity index (χ1) is 5.88. The van der Waals surface area contributed by atoms with Gasteiger partial charge in [0.25, 0.3) is 0 Å². The van der Waals surface area contributed by atoms with Gasteiger partial charge >= 0.3 is 0 Å². The first-order valence-electron chi connectivity index (χ1n) is 4.43. The van der Waals surface area contributed by atoms with E-state index in [4.69, 9.17) is 4.74 Å². The summed E-state index contributed by atoms with van der Waals surface area (Å²) in [6, 6.07) is 0.450. The molecule has 0 amide bonds.